The second-order valence-corrected chi connectivity index (χ2v) is 5.18. The van der Waals surface area contributed by atoms with Gasteiger partial charge in [-0.3, -0.25) is 4.79 Å². The van der Waals surface area contributed by atoms with Gasteiger partial charge in [0.2, 0.25) is 5.91 Å². The standard InChI is InChI=1S/C12H17BrN2O2/c1-15(8-9-5-6-11(13)17-9)12(16)10-4-2-3-7-14-10/h5-6,10,14H,2-4,7-8H2,1H3/t10-/m0/s1. The summed E-state index contributed by atoms with van der Waals surface area (Å²) in [4.78, 5) is 13.8. The van der Waals surface area contributed by atoms with Gasteiger partial charge in [0.1, 0.15) is 5.76 Å². The lowest BCUT2D eigenvalue weighted by Crippen LogP contribution is -2.46. The fraction of sp³-hybridized carbons (Fsp3) is 0.583. The summed E-state index contributed by atoms with van der Waals surface area (Å²) in [6, 6.07) is 3.70. The zero-order valence-electron chi connectivity index (χ0n) is 9.91. The number of carbonyl (C=O) groups excluding carboxylic acids is 1. The van der Waals surface area contributed by atoms with Gasteiger partial charge in [-0.15, -0.1) is 0 Å². The summed E-state index contributed by atoms with van der Waals surface area (Å²) < 4.78 is 6.09. The van der Waals surface area contributed by atoms with Crippen LogP contribution < -0.4 is 5.32 Å². The van der Waals surface area contributed by atoms with Crippen molar-refractivity contribution in [1.82, 2.24) is 10.2 Å². The second-order valence-electron chi connectivity index (χ2n) is 4.40. The highest BCUT2D eigenvalue weighted by atomic mass is 79.9. The summed E-state index contributed by atoms with van der Waals surface area (Å²) in [5.41, 5.74) is 0. The first kappa shape index (κ1) is 12.6. The Morgan fingerprint density at radius 1 is 1.59 bits per heavy atom. The summed E-state index contributed by atoms with van der Waals surface area (Å²) in [7, 11) is 1.81. The van der Waals surface area contributed by atoms with E-state index in [-0.39, 0.29) is 11.9 Å². The van der Waals surface area contributed by atoms with Gasteiger partial charge >= 0.3 is 0 Å². The van der Waals surface area contributed by atoms with Gasteiger partial charge in [-0.2, -0.15) is 0 Å². The Morgan fingerprint density at radius 2 is 2.41 bits per heavy atom. The summed E-state index contributed by atoms with van der Waals surface area (Å²) in [6.07, 6.45) is 3.23. The van der Waals surface area contributed by atoms with Crippen molar-refractivity contribution in [2.75, 3.05) is 13.6 Å². The van der Waals surface area contributed by atoms with E-state index in [9.17, 15) is 4.79 Å². The molecule has 5 heteroatoms. The van der Waals surface area contributed by atoms with Crippen LogP contribution in [-0.2, 0) is 11.3 Å². The molecule has 1 fully saturated rings. The zero-order valence-corrected chi connectivity index (χ0v) is 11.5. The molecule has 94 valence electrons. The minimum absolute atomic E-state index is 0.0212. The predicted octanol–water partition coefficient (Wildman–Crippen LogP) is 2.14. The fourth-order valence-corrected chi connectivity index (χ4v) is 2.42. The van der Waals surface area contributed by atoms with E-state index in [1.54, 1.807) is 4.90 Å². The maximum atomic E-state index is 12.1. The molecule has 1 N–H and O–H groups in total. The largest absolute Gasteiger partial charge is 0.452 e. The lowest BCUT2D eigenvalue weighted by molar-refractivity contribution is -0.133. The van der Waals surface area contributed by atoms with Crippen LogP contribution in [0.1, 0.15) is 25.0 Å². The van der Waals surface area contributed by atoms with E-state index in [0.717, 1.165) is 25.1 Å². The number of likely N-dealkylation sites (N-methyl/N-ethyl adjacent to an activating group) is 1. The number of rotatable bonds is 3. The number of amides is 1. The summed E-state index contributed by atoms with van der Waals surface area (Å²) in [5.74, 6) is 0.945. The van der Waals surface area contributed by atoms with Crippen molar-refractivity contribution in [3.05, 3.63) is 22.6 Å². The summed E-state index contributed by atoms with van der Waals surface area (Å²) in [5, 5.41) is 3.26. The molecule has 1 saturated heterocycles. The Morgan fingerprint density at radius 3 is 3.00 bits per heavy atom. The Labute approximate surface area is 109 Å². The number of furan rings is 1. The third kappa shape index (κ3) is 3.33. The molecule has 2 rings (SSSR count). The molecular formula is C12H17BrN2O2. The fourth-order valence-electron chi connectivity index (χ4n) is 2.08. The normalized spacial score (nSPS) is 20.2. The molecule has 0 aromatic carbocycles. The van der Waals surface area contributed by atoms with Crippen molar-refractivity contribution in [2.45, 2.75) is 31.8 Å². The molecule has 0 saturated carbocycles. The van der Waals surface area contributed by atoms with Crippen LogP contribution in [0.2, 0.25) is 0 Å². The van der Waals surface area contributed by atoms with Gasteiger partial charge in [0.15, 0.2) is 4.67 Å². The topological polar surface area (TPSA) is 45.5 Å². The highest BCUT2D eigenvalue weighted by Gasteiger charge is 2.23. The van der Waals surface area contributed by atoms with E-state index in [4.69, 9.17) is 4.42 Å². The molecule has 17 heavy (non-hydrogen) atoms. The molecule has 1 aliphatic heterocycles. The molecule has 1 aliphatic rings. The van der Waals surface area contributed by atoms with Crippen molar-refractivity contribution >= 4 is 21.8 Å². The first-order valence-electron chi connectivity index (χ1n) is 5.89. The molecule has 1 amide bonds. The molecule has 4 nitrogen and oxygen atoms in total. The van der Waals surface area contributed by atoms with Crippen LogP contribution >= 0.6 is 15.9 Å². The van der Waals surface area contributed by atoms with E-state index < -0.39 is 0 Å². The van der Waals surface area contributed by atoms with Gasteiger partial charge in [0, 0.05) is 7.05 Å². The van der Waals surface area contributed by atoms with E-state index in [2.05, 4.69) is 21.2 Å². The first-order valence-corrected chi connectivity index (χ1v) is 6.68. The smallest absolute Gasteiger partial charge is 0.239 e. The van der Waals surface area contributed by atoms with E-state index >= 15 is 0 Å². The SMILES string of the molecule is CN(Cc1ccc(Br)o1)C(=O)[C@@H]1CCCCN1. The van der Waals surface area contributed by atoms with Gasteiger partial charge in [0.05, 0.1) is 12.6 Å². The Bertz CT molecular complexity index is 386. The Hall–Kier alpha value is -0.810. The number of nitrogens with one attached hydrogen (secondary N) is 1. The predicted molar refractivity (Wildman–Crippen MR) is 68.5 cm³/mol. The van der Waals surface area contributed by atoms with Crippen molar-refractivity contribution in [2.24, 2.45) is 0 Å². The maximum Gasteiger partial charge on any atom is 0.239 e. The monoisotopic (exact) mass is 300 g/mol. The number of carbonyl (C=O) groups is 1. The average molecular weight is 301 g/mol. The molecule has 1 aromatic rings. The van der Waals surface area contributed by atoms with Crippen LogP contribution in [-0.4, -0.2) is 30.4 Å². The van der Waals surface area contributed by atoms with Gasteiger partial charge in [-0.1, -0.05) is 6.42 Å². The van der Waals surface area contributed by atoms with E-state index in [1.165, 1.54) is 6.42 Å². The minimum atomic E-state index is -0.0212. The molecular weight excluding hydrogens is 284 g/mol. The molecule has 1 aromatic heterocycles. The zero-order chi connectivity index (χ0) is 12.3. The number of nitrogens with zero attached hydrogens (tertiary/aromatic N) is 1. The third-order valence-corrected chi connectivity index (χ3v) is 3.43. The summed E-state index contributed by atoms with van der Waals surface area (Å²) >= 11 is 3.25. The van der Waals surface area contributed by atoms with Crippen molar-refractivity contribution < 1.29 is 9.21 Å². The molecule has 0 unspecified atom stereocenters. The molecule has 0 spiro atoms. The lowest BCUT2D eigenvalue weighted by atomic mass is 10.0. The highest BCUT2D eigenvalue weighted by Crippen LogP contribution is 2.16. The van der Waals surface area contributed by atoms with E-state index in [1.807, 2.05) is 19.2 Å². The van der Waals surface area contributed by atoms with Crippen molar-refractivity contribution in [3.63, 3.8) is 0 Å². The van der Waals surface area contributed by atoms with Gasteiger partial charge < -0.3 is 14.6 Å². The third-order valence-electron chi connectivity index (χ3n) is 3.01. The quantitative estimate of drug-likeness (QED) is 0.930. The lowest BCUT2D eigenvalue weighted by Gasteiger charge is -2.26. The molecule has 1 atom stereocenters. The molecule has 0 radical (unpaired) electrons. The number of hydrogen-bond donors (Lipinski definition) is 1. The van der Waals surface area contributed by atoms with Crippen LogP contribution in [0, 0.1) is 0 Å². The van der Waals surface area contributed by atoms with Crippen LogP contribution in [0.15, 0.2) is 21.2 Å². The Kier molecular flexibility index (Phi) is 4.23. The van der Waals surface area contributed by atoms with Gasteiger partial charge in [0.25, 0.3) is 0 Å². The van der Waals surface area contributed by atoms with Crippen LogP contribution in [0.25, 0.3) is 0 Å². The highest BCUT2D eigenvalue weighted by molar-refractivity contribution is 9.10. The van der Waals surface area contributed by atoms with Gasteiger partial charge in [-0.05, 0) is 47.4 Å². The van der Waals surface area contributed by atoms with Crippen LogP contribution in [0.3, 0.4) is 0 Å². The van der Waals surface area contributed by atoms with Gasteiger partial charge in [-0.25, -0.2) is 0 Å². The number of halogens is 1. The second kappa shape index (κ2) is 5.69. The maximum absolute atomic E-state index is 12.1. The molecule has 0 bridgehead atoms. The summed E-state index contributed by atoms with van der Waals surface area (Å²) in [6.45, 7) is 1.46. The van der Waals surface area contributed by atoms with E-state index in [0.29, 0.717) is 11.2 Å². The first-order chi connectivity index (χ1) is 8.16. The van der Waals surface area contributed by atoms with Crippen LogP contribution in [0.4, 0.5) is 0 Å². The number of piperidine rings is 1. The van der Waals surface area contributed by atoms with Crippen molar-refractivity contribution in [3.8, 4) is 0 Å². The Balaban J connectivity index is 1.90. The number of hydrogen-bond acceptors (Lipinski definition) is 3. The molecule has 2 heterocycles. The average Bonchev–Trinajstić information content (AvgIpc) is 2.75. The van der Waals surface area contributed by atoms with Crippen LogP contribution in [0.5, 0.6) is 0 Å². The molecule has 0 aliphatic carbocycles. The van der Waals surface area contributed by atoms with Crippen molar-refractivity contribution in [1.29, 1.82) is 0 Å². The minimum Gasteiger partial charge on any atom is -0.452 e.